The van der Waals surface area contributed by atoms with Crippen LogP contribution in [-0.2, 0) is 26.1 Å². The van der Waals surface area contributed by atoms with Crippen LogP contribution in [0.2, 0.25) is 0 Å². The zero-order valence-electron chi connectivity index (χ0n) is 17.0. The fraction of sp³-hybridized carbons (Fsp3) is 0.579. The number of carbonyl (C=O) groups excluding carboxylic acids is 1. The summed E-state index contributed by atoms with van der Waals surface area (Å²) >= 11 is 0. The lowest BCUT2D eigenvalue weighted by atomic mass is 10.1. The van der Waals surface area contributed by atoms with Crippen molar-refractivity contribution in [3.63, 3.8) is 0 Å². The number of sulfonamides is 1. The zero-order valence-corrected chi connectivity index (χ0v) is 17.9. The Kier molecular flexibility index (Phi) is 7.12. The molecule has 1 unspecified atom stereocenters. The molecule has 0 aliphatic carbocycles. The summed E-state index contributed by atoms with van der Waals surface area (Å²) < 4.78 is 37.2. The normalized spacial score (nSPS) is 20.1. The Balaban J connectivity index is 2.04. The molecule has 1 amide bonds. The Morgan fingerprint density at radius 2 is 1.90 bits per heavy atom. The van der Waals surface area contributed by atoms with Crippen LogP contribution in [0.3, 0.4) is 0 Å². The van der Waals surface area contributed by atoms with Crippen molar-refractivity contribution in [2.24, 2.45) is 0 Å². The number of hydrogen-bond donors (Lipinski definition) is 2. The number of amides is 1. The molecule has 29 heavy (non-hydrogen) atoms. The van der Waals surface area contributed by atoms with E-state index >= 15 is 0 Å². The number of carboxylic acid groups (broad SMARTS) is 1. The van der Waals surface area contributed by atoms with E-state index in [4.69, 9.17) is 9.47 Å². The maximum Gasteiger partial charge on any atom is 0.408 e. The summed E-state index contributed by atoms with van der Waals surface area (Å²) in [5, 5.41) is 10.8. The molecule has 2 N–H and O–H groups in total. The number of benzene rings is 1. The van der Waals surface area contributed by atoms with Gasteiger partial charge < -0.3 is 19.9 Å². The fourth-order valence-electron chi connectivity index (χ4n) is 3.05. The van der Waals surface area contributed by atoms with Crippen LogP contribution in [0.25, 0.3) is 0 Å². The van der Waals surface area contributed by atoms with Crippen molar-refractivity contribution in [1.82, 2.24) is 9.62 Å². The average molecular weight is 429 g/mol. The molecule has 0 radical (unpaired) electrons. The number of methoxy groups -OCH3 is 1. The van der Waals surface area contributed by atoms with Gasteiger partial charge in [-0.1, -0.05) is 12.1 Å². The third-order valence-corrected chi connectivity index (χ3v) is 6.79. The van der Waals surface area contributed by atoms with Crippen molar-refractivity contribution in [2.45, 2.75) is 57.1 Å². The molecule has 1 aliphatic heterocycles. The molecule has 1 fully saturated rings. The van der Waals surface area contributed by atoms with Gasteiger partial charge in [0.1, 0.15) is 17.4 Å². The minimum absolute atomic E-state index is 0.195. The van der Waals surface area contributed by atoms with E-state index in [9.17, 15) is 23.1 Å². The van der Waals surface area contributed by atoms with Crippen LogP contribution in [-0.4, -0.2) is 60.4 Å². The molecule has 162 valence electrons. The summed E-state index contributed by atoms with van der Waals surface area (Å²) in [4.78, 5) is 23.4. The second kappa shape index (κ2) is 9.00. The van der Waals surface area contributed by atoms with Gasteiger partial charge in [0.25, 0.3) is 0 Å². The first-order valence-electron chi connectivity index (χ1n) is 9.26. The molecule has 0 aromatic heterocycles. The van der Waals surface area contributed by atoms with E-state index in [2.05, 4.69) is 5.32 Å². The van der Waals surface area contributed by atoms with Gasteiger partial charge in [-0.2, -0.15) is 4.31 Å². The number of rotatable bonds is 7. The molecule has 9 nitrogen and oxygen atoms in total. The number of carbonyl (C=O) groups is 2. The van der Waals surface area contributed by atoms with E-state index in [1.54, 1.807) is 52.1 Å². The number of carboxylic acids is 1. The van der Waals surface area contributed by atoms with Gasteiger partial charge in [0, 0.05) is 13.1 Å². The maximum atomic E-state index is 12.9. The number of aliphatic carboxylic acids is 1. The molecule has 1 aromatic carbocycles. The summed E-state index contributed by atoms with van der Waals surface area (Å²) in [7, 11) is -2.14. The van der Waals surface area contributed by atoms with Gasteiger partial charge in [0.15, 0.2) is 0 Å². The van der Waals surface area contributed by atoms with Crippen LogP contribution < -0.4 is 10.1 Å². The van der Waals surface area contributed by atoms with Gasteiger partial charge in [0.05, 0.1) is 12.4 Å². The lowest BCUT2D eigenvalue weighted by molar-refractivity contribution is -0.139. The molecular formula is C19H28N2O7S. The molecular weight excluding hydrogens is 400 g/mol. The topological polar surface area (TPSA) is 122 Å². The van der Waals surface area contributed by atoms with E-state index in [-0.39, 0.29) is 25.9 Å². The van der Waals surface area contributed by atoms with Gasteiger partial charge in [-0.15, -0.1) is 0 Å². The minimum Gasteiger partial charge on any atom is -0.497 e. The van der Waals surface area contributed by atoms with Gasteiger partial charge in [-0.25, -0.2) is 18.0 Å². The van der Waals surface area contributed by atoms with Gasteiger partial charge >= 0.3 is 12.1 Å². The van der Waals surface area contributed by atoms with Crippen LogP contribution in [0.5, 0.6) is 5.75 Å². The molecule has 1 aromatic rings. The van der Waals surface area contributed by atoms with Gasteiger partial charge in [-0.3, -0.25) is 0 Å². The van der Waals surface area contributed by atoms with E-state index in [0.717, 1.165) is 5.56 Å². The second-order valence-corrected chi connectivity index (χ2v) is 10.1. The van der Waals surface area contributed by atoms with Crippen molar-refractivity contribution >= 4 is 22.1 Å². The second-order valence-electron chi connectivity index (χ2n) is 7.91. The van der Waals surface area contributed by atoms with Gasteiger partial charge in [0.2, 0.25) is 10.0 Å². The number of ether oxygens (including phenoxy) is 2. The number of hydrogen-bond acceptors (Lipinski definition) is 6. The maximum absolute atomic E-state index is 12.9. The minimum atomic E-state index is -3.69. The summed E-state index contributed by atoms with van der Waals surface area (Å²) in [6.07, 6.45) is -0.829. The van der Waals surface area contributed by atoms with Crippen molar-refractivity contribution in [1.29, 1.82) is 0 Å². The van der Waals surface area contributed by atoms with Crippen molar-refractivity contribution in [3.8, 4) is 5.75 Å². The highest BCUT2D eigenvalue weighted by Crippen LogP contribution is 2.28. The molecule has 10 heteroatoms. The zero-order chi connectivity index (χ0) is 21.8. The van der Waals surface area contributed by atoms with E-state index < -0.39 is 39.0 Å². The first-order chi connectivity index (χ1) is 13.4. The molecule has 0 saturated carbocycles. The lowest BCUT2D eigenvalue weighted by Crippen LogP contribution is -2.46. The van der Waals surface area contributed by atoms with Crippen LogP contribution >= 0.6 is 0 Å². The van der Waals surface area contributed by atoms with E-state index in [0.29, 0.717) is 5.75 Å². The van der Waals surface area contributed by atoms with Crippen molar-refractivity contribution in [2.75, 3.05) is 13.7 Å². The third kappa shape index (κ3) is 6.33. The molecule has 2 atom stereocenters. The van der Waals surface area contributed by atoms with Crippen LogP contribution in [0.15, 0.2) is 24.3 Å². The van der Waals surface area contributed by atoms with Crippen molar-refractivity contribution < 1.29 is 32.6 Å². The Bertz CT molecular complexity index is 831. The summed E-state index contributed by atoms with van der Waals surface area (Å²) in [5.41, 5.74) is 0.0125. The first kappa shape index (κ1) is 23.0. The van der Waals surface area contributed by atoms with Crippen LogP contribution in [0.1, 0.15) is 39.2 Å². The Labute approximate surface area is 171 Å². The molecule has 1 aliphatic rings. The summed E-state index contributed by atoms with van der Waals surface area (Å²) in [6.45, 7) is 5.44. The average Bonchev–Trinajstić information content (AvgIpc) is 2.87. The Morgan fingerprint density at radius 1 is 1.28 bits per heavy atom. The lowest BCUT2D eigenvalue weighted by Gasteiger charge is -2.23. The standard InChI is InChI=1S/C19H28N2O7S/c1-19(2,3)28-18(24)20-16(17(22)23)11-15-9-10-21(29(15,25)26)12-13-5-7-14(27-4)8-6-13/h5-8,15-16H,9-12H2,1-4H3,(H,20,24)(H,22,23)/t15?,16-/m0/s1. The smallest absolute Gasteiger partial charge is 0.408 e. The van der Waals surface area contributed by atoms with Gasteiger partial charge in [-0.05, 0) is 51.3 Å². The quantitative estimate of drug-likeness (QED) is 0.681. The largest absolute Gasteiger partial charge is 0.497 e. The molecule has 0 spiro atoms. The summed E-state index contributed by atoms with van der Waals surface area (Å²) in [5.74, 6) is -0.631. The SMILES string of the molecule is COc1ccc(CN2CCC(C[C@H](NC(=O)OC(C)(C)C)C(=O)O)S2(=O)=O)cc1. The molecule has 1 saturated heterocycles. The highest BCUT2D eigenvalue weighted by molar-refractivity contribution is 7.90. The Morgan fingerprint density at radius 3 is 2.41 bits per heavy atom. The van der Waals surface area contributed by atoms with E-state index in [1.807, 2.05) is 0 Å². The molecule has 2 rings (SSSR count). The fourth-order valence-corrected chi connectivity index (χ4v) is 5.00. The van der Waals surface area contributed by atoms with E-state index in [1.165, 1.54) is 4.31 Å². The predicted molar refractivity (Wildman–Crippen MR) is 106 cm³/mol. The van der Waals surface area contributed by atoms with Crippen LogP contribution in [0, 0.1) is 0 Å². The molecule has 0 bridgehead atoms. The monoisotopic (exact) mass is 428 g/mol. The number of nitrogens with zero attached hydrogens (tertiary/aromatic N) is 1. The number of alkyl carbamates (subject to hydrolysis) is 1. The van der Waals surface area contributed by atoms with Crippen molar-refractivity contribution in [3.05, 3.63) is 29.8 Å². The highest BCUT2D eigenvalue weighted by Gasteiger charge is 2.41. The summed E-state index contributed by atoms with van der Waals surface area (Å²) in [6, 6.07) is 5.71. The van der Waals surface area contributed by atoms with Crippen LogP contribution in [0.4, 0.5) is 4.79 Å². The predicted octanol–water partition coefficient (Wildman–Crippen LogP) is 1.97. The molecule has 1 heterocycles. The number of nitrogens with one attached hydrogen (secondary N) is 1. The first-order valence-corrected chi connectivity index (χ1v) is 10.8. The third-order valence-electron chi connectivity index (χ3n) is 4.49. The Hall–Kier alpha value is -2.33. The highest BCUT2D eigenvalue weighted by atomic mass is 32.2.